The van der Waals surface area contributed by atoms with Crippen molar-refractivity contribution in [2.75, 3.05) is 0 Å². The van der Waals surface area contributed by atoms with Gasteiger partial charge in [0.05, 0.1) is 11.4 Å². The molecule has 0 fully saturated rings. The fourth-order valence-corrected chi connectivity index (χ4v) is 1.74. The van der Waals surface area contributed by atoms with Crippen LogP contribution in [0.1, 0.15) is 17.0 Å². The van der Waals surface area contributed by atoms with Crippen LogP contribution in [-0.2, 0) is 13.0 Å². The van der Waals surface area contributed by atoms with Gasteiger partial charge in [-0.15, -0.1) is 0 Å². The first-order valence-electron chi connectivity index (χ1n) is 5.14. The minimum Gasteiger partial charge on any atom is -0.325 e. The molecule has 0 saturated heterocycles. The number of rotatable bonds is 3. The lowest BCUT2D eigenvalue weighted by atomic mass is 10.1. The molecule has 0 aliphatic heterocycles. The average molecular weight is 252 g/mol. The minimum absolute atomic E-state index is 0.0594. The zero-order chi connectivity index (χ0) is 12.3. The van der Waals surface area contributed by atoms with Crippen LogP contribution < -0.4 is 5.73 Å². The molecular weight excluding hydrogens is 241 g/mol. The van der Waals surface area contributed by atoms with E-state index in [-0.39, 0.29) is 12.2 Å². The van der Waals surface area contributed by atoms with Crippen molar-refractivity contribution in [3.63, 3.8) is 0 Å². The van der Waals surface area contributed by atoms with E-state index in [1.165, 1.54) is 6.33 Å². The van der Waals surface area contributed by atoms with E-state index in [0.29, 0.717) is 17.1 Å². The van der Waals surface area contributed by atoms with E-state index in [1.54, 1.807) is 6.07 Å². The van der Waals surface area contributed by atoms with E-state index >= 15 is 0 Å². The average Bonchev–Trinajstić information content (AvgIpc) is 2.34. The third kappa shape index (κ3) is 2.60. The Labute approximate surface area is 103 Å². The Morgan fingerprint density at radius 2 is 1.88 bits per heavy atom. The van der Waals surface area contributed by atoms with Crippen LogP contribution in [0.3, 0.4) is 0 Å². The third-order valence-electron chi connectivity index (χ3n) is 2.44. The van der Waals surface area contributed by atoms with E-state index < -0.39 is 5.82 Å². The molecule has 17 heavy (non-hydrogen) atoms. The van der Waals surface area contributed by atoms with Crippen LogP contribution in [0.15, 0.2) is 30.6 Å². The van der Waals surface area contributed by atoms with E-state index in [9.17, 15) is 4.39 Å². The zero-order valence-electron chi connectivity index (χ0n) is 9.03. The fraction of sp³-hybridized carbons (Fsp3) is 0.167. The molecule has 0 radical (unpaired) electrons. The Balaban J connectivity index is 2.34. The lowest BCUT2D eigenvalue weighted by Crippen LogP contribution is -2.08. The maximum Gasteiger partial charge on any atom is 0.167 e. The molecule has 0 atom stereocenters. The molecule has 5 heteroatoms. The Hall–Kier alpha value is -1.52. The normalized spacial score (nSPS) is 10.5. The number of halogens is 2. The molecule has 2 aromatic rings. The van der Waals surface area contributed by atoms with Gasteiger partial charge in [0.2, 0.25) is 0 Å². The summed E-state index contributed by atoms with van der Waals surface area (Å²) in [5, 5.41) is 0.597. The maximum absolute atomic E-state index is 13.8. The molecule has 0 spiro atoms. The van der Waals surface area contributed by atoms with Gasteiger partial charge in [-0.2, -0.15) is 0 Å². The Kier molecular flexibility index (Phi) is 3.66. The summed E-state index contributed by atoms with van der Waals surface area (Å²) in [6, 6.07) is 7.28. The van der Waals surface area contributed by atoms with Crippen molar-refractivity contribution in [2.24, 2.45) is 5.73 Å². The summed E-state index contributed by atoms with van der Waals surface area (Å²) in [6.45, 7) is 0.0594. The fourth-order valence-electron chi connectivity index (χ4n) is 1.54. The second-order valence-corrected chi connectivity index (χ2v) is 3.96. The van der Waals surface area contributed by atoms with Crippen molar-refractivity contribution in [3.8, 4) is 0 Å². The van der Waals surface area contributed by atoms with Gasteiger partial charge in [0.25, 0.3) is 0 Å². The molecule has 1 heterocycles. The van der Waals surface area contributed by atoms with Gasteiger partial charge in [-0.1, -0.05) is 29.8 Å². The molecule has 0 unspecified atom stereocenters. The quantitative estimate of drug-likeness (QED) is 0.911. The van der Waals surface area contributed by atoms with Gasteiger partial charge in [0.1, 0.15) is 6.33 Å². The first kappa shape index (κ1) is 12.0. The molecule has 88 valence electrons. The molecule has 0 bridgehead atoms. The minimum atomic E-state index is -0.449. The van der Waals surface area contributed by atoms with Crippen LogP contribution in [0, 0.1) is 5.82 Å². The predicted molar refractivity (Wildman–Crippen MR) is 64.1 cm³/mol. The summed E-state index contributed by atoms with van der Waals surface area (Å²) in [5.74, 6) is -0.449. The number of hydrogen-bond donors (Lipinski definition) is 1. The van der Waals surface area contributed by atoms with Gasteiger partial charge in [0.15, 0.2) is 5.82 Å². The molecule has 0 aliphatic carbocycles. The highest BCUT2D eigenvalue weighted by atomic mass is 35.5. The highest BCUT2D eigenvalue weighted by Gasteiger charge is 2.11. The standard InChI is InChI=1S/C12H11ClFN3/c13-9-4-2-1-3-8(9)5-10-12(14)11(6-15)17-7-16-10/h1-4,7H,5-6,15H2. The van der Waals surface area contributed by atoms with Crippen LogP contribution in [0.5, 0.6) is 0 Å². The van der Waals surface area contributed by atoms with E-state index in [2.05, 4.69) is 9.97 Å². The molecule has 1 aromatic carbocycles. The Morgan fingerprint density at radius 3 is 2.59 bits per heavy atom. The number of nitrogens with zero attached hydrogens (tertiary/aromatic N) is 2. The van der Waals surface area contributed by atoms with Gasteiger partial charge in [0, 0.05) is 18.0 Å². The van der Waals surface area contributed by atoms with E-state index in [4.69, 9.17) is 17.3 Å². The largest absolute Gasteiger partial charge is 0.325 e. The molecule has 0 aliphatic rings. The van der Waals surface area contributed by atoms with Crippen LogP contribution in [-0.4, -0.2) is 9.97 Å². The first-order chi connectivity index (χ1) is 8.22. The summed E-state index contributed by atoms with van der Waals surface area (Å²) < 4.78 is 13.8. The molecule has 0 saturated carbocycles. The maximum atomic E-state index is 13.8. The summed E-state index contributed by atoms with van der Waals surface area (Å²) in [7, 11) is 0. The zero-order valence-corrected chi connectivity index (χ0v) is 9.78. The number of nitrogens with two attached hydrogens (primary N) is 1. The number of aromatic nitrogens is 2. The van der Waals surface area contributed by atoms with Crippen LogP contribution in [0.2, 0.25) is 5.02 Å². The molecule has 2 N–H and O–H groups in total. The van der Waals surface area contributed by atoms with Crippen molar-refractivity contribution >= 4 is 11.6 Å². The predicted octanol–water partition coefficient (Wildman–Crippen LogP) is 2.32. The van der Waals surface area contributed by atoms with Gasteiger partial charge in [-0.05, 0) is 11.6 Å². The first-order valence-corrected chi connectivity index (χ1v) is 5.52. The van der Waals surface area contributed by atoms with E-state index in [1.807, 2.05) is 18.2 Å². The smallest absolute Gasteiger partial charge is 0.167 e. The summed E-state index contributed by atoms with van der Waals surface area (Å²) in [4.78, 5) is 7.70. The Morgan fingerprint density at radius 1 is 1.18 bits per heavy atom. The molecule has 2 rings (SSSR count). The van der Waals surface area contributed by atoms with Crippen molar-refractivity contribution in [1.29, 1.82) is 0 Å². The van der Waals surface area contributed by atoms with Gasteiger partial charge < -0.3 is 5.73 Å². The van der Waals surface area contributed by atoms with E-state index in [0.717, 1.165) is 5.56 Å². The molecule has 1 aromatic heterocycles. The van der Waals surface area contributed by atoms with Crippen LogP contribution in [0.4, 0.5) is 4.39 Å². The second-order valence-electron chi connectivity index (χ2n) is 3.55. The topological polar surface area (TPSA) is 51.8 Å². The number of hydrogen-bond acceptors (Lipinski definition) is 3. The monoisotopic (exact) mass is 251 g/mol. The molecular formula is C12H11ClFN3. The van der Waals surface area contributed by atoms with Crippen molar-refractivity contribution < 1.29 is 4.39 Å². The summed E-state index contributed by atoms with van der Waals surface area (Å²) >= 11 is 6.01. The van der Waals surface area contributed by atoms with Crippen molar-refractivity contribution in [1.82, 2.24) is 9.97 Å². The summed E-state index contributed by atoms with van der Waals surface area (Å²) in [5.41, 5.74) is 6.75. The summed E-state index contributed by atoms with van der Waals surface area (Å²) in [6.07, 6.45) is 1.65. The Bertz CT molecular complexity index is 531. The highest BCUT2D eigenvalue weighted by molar-refractivity contribution is 6.31. The highest BCUT2D eigenvalue weighted by Crippen LogP contribution is 2.19. The molecule has 3 nitrogen and oxygen atoms in total. The third-order valence-corrected chi connectivity index (χ3v) is 2.81. The number of benzene rings is 1. The SMILES string of the molecule is NCc1ncnc(Cc2ccccc2Cl)c1F. The van der Waals surface area contributed by atoms with Crippen LogP contribution in [0.25, 0.3) is 0 Å². The van der Waals surface area contributed by atoms with Crippen LogP contribution >= 0.6 is 11.6 Å². The van der Waals surface area contributed by atoms with Gasteiger partial charge in [-0.25, -0.2) is 14.4 Å². The van der Waals surface area contributed by atoms with Crippen molar-refractivity contribution in [3.05, 3.63) is 58.4 Å². The lowest BCUT2D eigenvalue weighted by Gasteiger charge is -2.06. The molecule has 0 amide bonds. The second kappa shape index (κ2) is 5.21. The van der Waals surface area contributed by atoms with Gasteiger partial charge in [-0.3, -0.25) is 0 Å². The lowest BCUT2D eigenvalue weighted by molar-refractivity contribution is 0.574. The van der Waals surface area contributed by atoms with Crippen molar-refractivity contribution in [2.45, 2.75) is 13.0 Å². The van der Waals surface area contributed by atoms with Gasteiger partial charge >= 0.3 is 0 Å².